The molecule has 4 amide bonds. The molecule has 212 valence electrons. The maximum Gasteiger partial charge on any atom is 1.00 e. The number of anilines is 2. The molecule has 2 heterocycles. The van der Waals surface area contributed by atoms with E-state index in [9.17, 15) is 37.3 Å². The number of benzene rings is 1. The number of barbiturate groups is 1. The van der Waals surface area contributed by atoms with Crippen molar-refractivity contribution in [2.45, 2.75) is 33.1 Å². The third-order valence-electron chi connectivity index (χ3n) is 6.09. The normalized spacial score (nSPS) is 17.7. The summed E-state index contributed by atoms with van der Waals surface area (Å²) >= 11 is 12.5. The van der Waals surface area contributed by atoms with E-state index in [1.165, 1.54) is 12.2 Å². The average Bonchev–Trinajstić information content (AvgIpc) is 3.12. The van der Waals surface area contributed by atoms with Gasteiger partial charge in [-0.25, -0.2) is 18.1 Å². The Kier molecular flexibility index (Phi) is 12.1. The standard InChI is InChI=1S/C24H28Cl2N4O8S.Na/c1-3-5-9-29-22(33)15(23(34)30(24(29)35)14-21(31)32)7-8-20-27(4-2)18-12-16(25)17(26)13-19(18)28(20)10-6-11-39(36,37)38;/h7-8,12-13H,3-6,9-11,14H2,1-2H3,(H,31,32)(H,36,37,38);/q;+1/p-1/b15-7-,20-8+;. The summed E-state index contributed by atoms with van der Waals surface area (Å²) in [6.07, 6.45) is 3.72. The Labute approximate surface area is 264 Å². The fourth-order valence-corrected chi connectivity index (χ4v) is 5.09. The molecule has 0 bridgehead atoms. The molecule has 0 unspecified atom stereocenters. The van der Waals surface area contributed by atoms with Gasteiger partial charge >= 0.3 is 41.6 Å². The molecule has 0 aromatic heterocycles. The molecule has 16 heteroatoms. The number of carbonyl (C=O) groups excluding carboxylic acids is 3. The zero-order chi connectivity index (χ0) is 29.1. The maximum atomic E-state index is 13.2. The average molecular weight is 625 g/mol. The number of hydrogen-bond donors (Lipinski definition) is 1. The maximum absolute atomic E-state index is 13.2. The zero-order valence-corrected chi connectivity index (χ0v) is 26.6. The predicted octanol–water partition coefficient (Wildman–Crippen LogP) is 0.0223. The van der Waals surface area contributed by atoms with Gasteiger partial charge in [-0.1, -0.05) is 36.5 Å². The Morgan fingerprint density at radius 3 is 2.00 bits per heavy atom. The molecule has 40 heavy (non-hydrogen) atoms. The van der Waals surface area contributed by atoms with E-state index in [4.69, 9.17) is 23.2 Å². The predicted molar refractivity (Wildman–Crippen MR) is 144 cm³/mol. The molecule has 1 aromatic rings. The van der Waals surface area contributed by atoms with Crippen LogP contribution in [-0.4, -0.2) is 83.6 Å². The summed E-state index contributed by atoms with van der Waals surface area (Å²) in [6, 6.07) is 2.20. The van der Waals surface area contributed by atoms with E-state index in [1.807, 2.05) is 13.8 Å². The SMILES string of the molecule is CCCCN1C(=O)/C(=C/C=C2\N(CC)c3cc(Cl)c(Cl)cc3N2CCCS(=O)(=O)[O-])C(=O)N(CC(=O)O)C1=O.[Na+]. The van der Waals surface area contributed by atoms with Crippen LogP contribution in [0.5, 0.6) is 0 Å². The van der Waals surface area contributed by atoms with Crippen LogP contribution in [0.15, 0.2) is 35.7 Å². The van der Waals surface area contributed by atoms with Crippen LogP contribution in [0.3, 0.4) is 0 Å². The summed E-state index contributed by atoms with van der Waals surface area (Å²) in [5.74, 6) is -3.52. The van der Waals surface area contributed by atoms with Crippen LogP contribution in [0.2, 0.25) is 10.0 Å². The molecule has 1 saturated heterocycles. The molecule has 12 nitrogen and oxygen atoms in total. The van der Waals surface area contributed by atoms with Gasteiger partial charge in [-0.05, 0) is 44.1 Å². The van der Waals surface area contributed by atoms with Gasteiger partial charge in [0.05, 0.1) is 31.5 Å². The number of imide groups is 2. The molecule has 1 fully saturated rings. The van der Waals surface area contributed by atoms with Crippen molar-refractivity contribution in [2.24, 2.45) is 0 Å². The summed E-state index contributed by atoms with van der Waals surface area (Å²) in [5.41, 5.74) is 0.771. The molecule has 0 spiro atoms. The Hall–Kier alpha value is -2.13. The quantitative estimate of drug-likeness (QED) is 0.154. The number of urea groups is 1. The molecule has 0 saturated carbocycles. The number of unbranched alkanes of at least 4 members (excludes halogenated alkanes) is 1. The van der Waals surface area contributed by atoms with Gasteiger partial charge in [0.2, 0.25) is 0 Å². The second-order valence-electron chi connectivity index (χ2n) is 8.75. The van der Waals surface area contributed by atoms with Crippen molar-refractivity contribution in [2.75, 3.05) is 41.7 Å². The van der Waals surface area contributed by atoms with Crippen LogP contribution in [0.25, 0.3) is 0 Å². The van der Waals surface area contributed by atoms with Gasteiger partial charge in [0.1, 0.15) is 17.9 Å². The number of amides is 4. The van der Waals surface area contributed by atoms with Crippen LogP contribution in [0.4, 0.5) is 16.2 Å². The largest absolute Gasteiger partial charge is 1.00 e. The molecule has 3 rings (SSSR count). The molecular weight excluding hydrogens is 598 g/mol. The fourth-order valence-electron chi connectivity index (χ4n) is 4.29. The van der Waals surface area contributed by atoms with Crippen LogP contribution in [0.1, 0.15) is 33.1 Å². The molecule has 0 aliphatic carbocycles. The second kappa shape index (κ2) is 14.2. The third kappa shape index (κ3) is 7.58. The first-order valence-corrected chi connectivity index (χ1v) is 14.4. The smallest absolute Gasteiger partial charge is 0.748 e. The number of carboxylic acid groups (broad SMARTS) is 1. The summed E-state index contributed by atoms with van der Waals surface area (Å²) in [4.78, 5) is 55.1. The first kappa shape index (κ1) is 34.1. The van der Waals surface area contributed by atoms with E-state index in [0.29, 0.717) is 41.5 Å². The number of allylic oxidation sites excluding steroid dienone is 2. The molecule has 1 aromatic carbocycles. The molecular formula is C24H27Cl2N4NaO8S. The minimum Gasteiger partial charge on any atom is -0.748 e. The Morgan fingerprint density at radius 2 is 1.48 bits per heavy atom. The van der Waals surface area contributed by atoms with Gasteiger partial charge in [0.15, 0.2) is 0 Å². The van der Waals surface area contributed by atoms with Crippen LogP contribution in [-0.2, 0) is 24.5 Å². The minimum atomic E-state index is -4.47. The van der Waals surface area contributed by atoms with E-state index >= 15 is 0 Å². The number of carbonyl (C=O) groups is 4. The van der Waals surface area contributed by atoms with Gasteiger partial charge in [0.25, 0.3) is 11.8 Å². The number of fused-ring (bicyclic) bond motifs is 1. The van der Waals surface area contributed by atoms with Crippen LogP contribution < -0.4 is 39.4 Å². The van der Waals surface area contributed by atoms with Crippen LogP contribution in [0, 0.1) is 0 Å². The first-order chi connectivity index (χ1) is 18.3. The summed E-state index contributed by atoms with van der Waals surface area (Å²) in [5, 5.41) is 9.73. The summed E-state index contributed by atoms with van der Waals surface area (Å²) in [6.45, 7) is 3.24. The first-order valence-electron chi connectivity index (χ1n) is 12.1. The Balaban J connectivity index is 0.00000560. The van der Waals surface area contributed by atoms with E-state index in [-0.39, 0.29) is 59.1 Å². The van der Waals surface area contributed by atoms with Crippen LogP contribution >= 0.6 is 23.2 Å². The third-order valence-corrected chi connectivity index (χ3v) is 7.60. The minimum absolute atomic E-state index is 0. The number of rotatable bonds is 11. The van der Waals surface area contributed by atoms with Gasteiger partial charge in [-0.3, -0.25) is 19.3 Å². The monoisotopic (exact) mass is 624 g/mol. The van der Waals surface area contributed by atoms with Crippen molar-refractivity contribution in [3.63, 3.8) is 0 Å². The molecule has 0 atom stereocenters. The number of carboxylic acids is 1. The van der Waals surface area contributed by atoms with E-state index in [1.54, 1.807) is 21.9 Å². The van der Waals surface area contributed by atoms with Crippen molar-refractivity contribution in [3.05, 3.63) is 45.7 Å². The van der Waals surface area contributed by atoms with Gasteiger partial charge < -0.3 is 19.5 Å². The van der Waals surface area contributed by atoms with Gasteiger partial charge in [-0.15, -0.1) is 0 Å². The Morgan fingerprint density at radius 1 is 0.925 bits per heavy atom. The number of nitrogens with zero attached hydrogens (tertiary/aromatic N) is 4. The van der Waals surface area contributed by atoms with Crippen molar-refractivity contribution >= 4 is 68.5 Å². The number of halogens is 2. The Bertz CT molecular complexity index is 1370. The summed E-state index contributed by atoms with van der Waals surface area (Å²) < 4.78 is 33.6. The van der Waals surface area contributed by atoms with E-state index in [0.717, 1.165) is 4.90 Å². The van der Waals surface area contributed by atoms with E-state index in [2.05, 4.69) is 0 Å². The zero-order valence-electron chi connectivity index (χ0n) is 22.2. The number of aliphatic carboxylic acids is 1. The fraction of sp³-hybridized carbons (Fsp3) is 0.417. The molecule has 2 aliphatic heterocycles. The van der Waals surface area contributed by atoms with Gasteiger partial charge in [-0.2, -0.15) is 0 Å². The van der Waals surface area contributed by atoms with E-state index < -0.39 is 51.8 Å². The van der Waals surface area contributed by atoms with Gasteiger partial charge in [0, 0.05) is 25.4 Å². The molecule has 1 N–H and O–H groups in total. The second-order valence-corrected chi connectivity index (χ2v) is 11.1. The summed E-state index contributed by atoms with van der Waals surface area (Å²) in [7, 11) is -4.47. The topological polar surface area (TPSA) is 159 Å². The molecule has 2 aliphatic rings. The van der Waals surface area contributed by atoms with Crippen molar-refractivity contribution in [1.29, 1.82) is 0 Å². The van der Waals surface area contributed by atoms with Crippen molar-refractivity contribution in [3.8, 4) is 0 Å². The van der Waals surface area contributed by atoms with Crippen molar-refractivity contribution < 1.29 is 66.8 Å². The number of hydrogen-bond acceptors (Lipinski definition) is 9. The molecule has 0 radical (unpaired) electrons. The van der Waals surface area contributed by atoms with Crippen molar-refractivity contribution in [1.82, 2.24) is 9.80 Å².